The normalized spacial score (nSPS) is 13.2. The smallest absolute Gasteiger partial charge is 0.408 e. The van der Waals surface area contributed by atoms with Crippen LogP contribution < -0.4 is 10.6 Å². The van der Waals surface area contributed by atoms with Gasteiger partial charge in [-0.05, 0) is 19.3 Å². The number of nitrogens with one attached hydrogen (secondary N) is 2. The number of amides is 2. The molecule has 0 aliphatic heterocycles. The molecule has 7 heteroatoms. The van der Waals surface area contributed by atoms with E-state index < -0.39 is 30.1 Å². The van der Waals surface area contributed by atoms with Gasteiger partial charge in [0.2, 0.25) is 5.91 Å². The summed E-state index contributed by atoms with van der Waals surface area (Å²) in [6, 6.07) is -1.86. The minimum Gasteiger partial charge on any atom is -0.480 e. The molecule has 0 radical (unpaired) electrons. The van der Waals surface area contributed by atoms with E-state index in [1.165, 1.54) is 13.0 Å². The Labute approximate surface area is 118 Å². The second-order valence-corrected chi connectivity index (χ2v) is 4.78. The van der Waals surface area contributed by atoms with Gasteiger partial charge in [0, 0.05) is 0 Å². The van der Waals surface area contributed by atoms with Crippen LogP contribution in [-0.4, -0.2) is 41.8 Å². The van der Waals surface area contributed by atoms with Crippen molar-refractivity contribution in [2.75, 3.05) is 6.61 Å². The number of carboxylic acid groups (broad SMARTS) is 1. The molecule has 0 saturated heterocycles. The molecule has 0 aliphatic rings. The molecule has 0 bridgehead atoms. The van der Waals surface area contributed by atoms with Crippen LogP contribution in [0.2, 0.25) is 0 Å². The Balaban J connectivity index is 4.61. The number of hydrogen-bond donors (Lipinski definition) is 3. The van der Waals surface area contributed by atoms with E-state index in [1.807, 2.05) is 13.8 Å². The fourth-order valence-electron chi connectivity index (χ4n) is 1.40. The van der Waals surface area contributed by atoms with Crippen molar-refractivity contribution >= 4 is 18.0 Å². The first-order valence-corrected chi connectivity index (χ1v) is 6.35. The maximum absolute atomic E-state index is 11.9. The molecule has 0 unspecified atom stereocenters. The first kappa shape index (κ1) is 17.9. The number of carboxylic acids is 1. The minimum absolute atomic E-state index is 0.0351. The van der Waals surface area contributed by atoms with Gasteiger partial charge >= 0.3 is 12.1 Å². The Kier molecular flexibility index (Phi) is 8.03. The highest BCUT2D eigenvalue weighted by Gasteiger charge is 2.25. The van der Waals surface area contributed by atoms with Gasteiger partial charge in [-0.2, -0.15) is 0 Å². The average molecular weight is 286 g/mol. The van der Waals surface area contributed by atoms with Crippen molar-refractivity contribution < 1.29 is 24.2 Å². The molecule has 0 spiro atoms. The molecule has 7 nitrogen and oxygen atoms in total. The van der Waals surface area contributed by atoms with E-state index >= 15 is 0 Å². The second kappa shape index (κ2) is 8.95. The SMILES string of the molecule is C=CCOC(=O)N[C@@H](CC(C)C)C(=O)N[C@@H](C)C(=O)O. The first-order chi connectivity index (χ1) is 9.27. The van der Waals surface area contributed by atoms with Crippen molar-refractivity contribution in [3.63, 3.8) is 0 Å². The third-order valence-corrected chi connectivity index (χ3v) is 2.38. The molecular weight excluding hydrogens is 264 g/mol. The van der Waals surface area contributed by atoms with Crippen molar-refractivity contribution in [2.24, 2.45) is 5.92 Å². The zero-order chi connectivity index (χ0) is 15.7. The van der Waals surface area contributed by atoms with Crippen molar-refractivity contribution in [3.05, 3.63) is 12.7 Å². The zero-order valence-corrected chi connectivity index (χ0v) is 12.0. The Morgan fingerprint density at radius 1 is 1.25 bits per heavy atom. The highest BCUT2D eigenvalue weighted by atomic mass is 16.5. The summed E-state index contributed by atoms with van der Waals surface area (Å²) < 4.78 is 4.74. The molecule has 3 N–H and O–H groups in total. The summed E-state index contributed by atoms with van der Waals surface area (Å²) in [6.45, 7) is 8.56. The highest BCUT2D eigenvalue weighted by Crippen LogP contribution is 2.06. The monoisotopic (exact) mass is 286 g/mol. The van der Waals surface area contributed by atoms with Crippen LogP contribution in [-0.2, 0) is 14.3 Å². The topological polar surface area (TPSA) is 105 Å². The summed E-state index contributed by atoms with van der Waals surface area (Å²) in [5.74, 6) is -1.55. The van der Waals surface area contributed by atoms with E-state index in [2.05, 4.69) is 17.2 Å². The predicted molar refractivity (Wildman–Crippen MR) is 73.2 cm³/mol. The van der Waals surface area contributed by atoms with Crippen LogP contribution in [0.25, 0.3) is 0 Å². The molecule has 20 heavy (non-hydrogen) atoms. The summed E-state index contributed by atoms with van der Waals surface area (Å²) in [6.07, 6.45) is 1.04. The average Bonchev–Trinajstić information content (AvgIpc) is 2.34. The Hall–Kier alpha value is -2.05. The van der Waals surface area contributed by atoms with Crippen molar-refractivity contribution in [3.8, 4) is 0 Å². The molecule has 0 heterocycles. The van der Waals surface area contributed by atoms with E-state index in [0.29, 0.717) is 6.42 Å². The van der Waals surface area contributed by atoms with E-state index in [1.54, 1.807) is 0 Å². The number of carbonyl (C=O) groups excluding carboxylic acids is 2. The van der Waals surface area contributed by atoms with Gasteiger partial charge in [-0.25, -0.2) is 4.79 Å². The molecule has 0 aliphatic carbocycles. The maximum Gasteiger partial charge on any atom is 0.408 e. The van der Waals surface area contributed by atoms with Crippen LogP contribution in [0, 0.1) is 5.92 Å². The lowest BCUT2D eigenvalue weighted by Crippen LogP contribution is -2.51. The molecule has 114 valence electrons. The summed E-state index contributed by atoms with van der Waals surface area (Å²) in [4.78, 5) is 34.1. The van der Waals surface area contributed by atoms with Gasteiger partial charge in [-0.1, -0.05) is 26.5 Å². The van der Waals surface area contributed by atoms with Gasteiger partial charge in [-0.3, -0.25) is 9.59 Å². The van der Waals surface area contributed by atoms with Crippen LogP contribution in [0.1, 0.15) is 27.2 Å². The number of carbonyl (C=O) groups is 3. The number of aliphatic carboxylic acids is 1. The molecule has 2 atom stereocenters. The van der Waals surface area contributed by atoms with Gasteiger partial charge in [0.05, 0.1) is 0 Å². The van der Waals surface area contributed by atoms with Crippen LogP contribution in [0.4, 0.5) is 4.79 Å². The van der Waals surface area contributed by atoms with Crippen LogP contribution >= 0.6 is 0 Å². The third-order valence-electron chi connectivity index (χ3n) is 2.38. The largest absolute Gasteiger partial charge is 0.480 e. The molecule has 0 aromatic heterocycles. The number of hydrogen-bond acceptors (Lipinski definition) is 4. The lowest BCUT2D eigenvalue weighted by atomic mass is 10.0. The number of rotatable bonds is 8. The summed E-state index contributed by atoms with van der Waals surface area (Å²) in [5, 5.41) is 13.5. The standard InChI is InChI=1S/C13H22N2O5/c1-5-6-20-13(19)15-10(7-8(2)3)11(16)14-9(4)12(17)18/h5,8-10H,1,6-7H2,2-4H3,(H,14,16)(H,15,19)(H,17,18)/t9-,10-/m0/s1. The zero-order valence-electron chi connectivity index (χ0n) is 12.0. The van der Waals surface area contributed by atoms with Crippen LogP contribution in [0.5, 0.6) is 0 Å². The van der Waals surface area contributed by atoms with Gasteiger partial charge in [0.25, 0.3) is 0 Å². The molecule has 0 aromatic carbocycles. The third kappa shape index (κ3) is 7.40. The molecule has 0 fully saturated rings. The first-order valence-electron chi connectivity index (χ1n) is 6.35. The lowest BCUT2D eigenvalue weighted by molar-refractivity contribution is -0.141. The fourth-order valence-corrected chi connectivity index (χ4v) is 1.40. The molecule has 2 amide bonds. The quantitative estimate of drug-likeness (QED) is 0.575. The molecule has 0 rings (SSSR count). The van der Waals surface area contributed by atoms with Gasteiger partial charge < -0.3 is 20.5 Å². The van der Waals surface area contributed by atoms with E-state index in [0.717, 1.165) is 0 Å². The van der Waals surface area contributed by atoms with E-state index in [-0.39, 0.29) is 12.5 Å². The molecule has 0 saturated carbocycles. The highest BCUT2D eigenvalue weighted by molar-refractivity contribution is 5.89. The number of ether oxygens (including phenoxy) is 1. The molecule has 0 aromatic rings. The van der Waals surface area contributed by atoms with Crippen molar-refractivity contribution in [1.82, 2.24) is 10.6 Å². The van der Waals surface area contributed by atoms with Crippen molar-refractivity contribution in [1.29, 1.82) is 0 Å². The lowest BCUT2D eigenvalue weighted by Gasteiger charge is -2.21. The summed E-state index contributed by atoms with van der Waals surface area (Å²) >= 11 is 0. The van der Waals surface area contributed by atoms with Crippen LogP contribution in [0.3, 0.4) is 0 Å². The Morgan fingerprint density at radius 3 is 2.30 bits per heavy atom. The van der Waals surface area contributed by atoms with Crippen molar-refractivity contribution in [2.45, 2.75) is 39.3 Å². The van der Waals surface area contributed by atoms with Gasteiger partial charge in [0.1, 0.15) is 18.7 Å². The minimum atomic E-state index is -1.14. The Morgan fingerprint density at radius 2 is 1.85 bits per heavy atom. The maximum atomic E-state index is 11.9. The van der Waals surface area contributed by atoms with Crippen LogP contribution in [0.15, 0.2) is 12.7 Å². The summed E-state index contributed by atoms with van der Waals surface area (Å²) in [7, 11) is 0. The van der Waals surface area contributed by atoms with E-state index in [4.69, 9.17) is 9.84 Å². The summed E-state index contributed by atoms with van der Waals surface area (Å²) in [5.41, 5.74) is 0. The number of alkyl carbamates (subject to hydrolysis) is 1. The van der Waals surface area contributed by atoms with Gasteiger partial charge in [-0.15, -0.1) is 0 Å². The second-order valence-electron chi connectivity index (χ2n) is 4.78. The Bertz CT molecular complexity index is 368. The predicted octanol–water partition coefficient (Wildman–Crippen LogP) is 0.903. The molecular formula is C13H22N2O5. The fraction of sp³-hybridized carbons (Fsp3) is 0.615. The van der Waals surface area contributed by atoms with E-state index in [9.17, 15) is 14.4 Å². The van der Waals surface area contributed by atoms with Gasteiger partial charge in [0.15, 0.2) is 0 Å².